The van der Waals surface area contributed by atoms with Gasteiger partial charge in [0.25, 0.3) is 0 Å². The Morgan fingerprint density at radius 1 is 1.50 bits per heavy atom. The predicted octanol–water partition coefficient (Wildman–Crippen LogP) is 3.33. The zero-order chi connectivity index (χ0) is 10.4. The number of carbonyl (C=O) groups is 1. The van der Waals surface area contributed by atoms with Crippen LogP contribution in [0.15, 0.2) is 24.3 Å². The van der Waals surface area contributed by atoms with Crippen LogP contribution in [0.2, 0.25) is 5.02 Å². The Labute approximate surface area is 89.1 Å². The number of ketones is 1. The molecular weight excluding hydrogens is 196 g/mol. The van der Waals surface area contributed by atoms with Gasteiger partial charge in [-0.05, 0) is 18.6 Å². The average Bonchev–Trinajstić information content (AvgIpc) is 2.18. The number of rotatable bonds is 4. The summed E-state index contributed by atoms with van der Waals surface area (Å²) in [4.78, 5) is 11.5. The fourth-order valence-electron chi connectivity index (χ4n) is 1.16. The highest BCUT2D eigenvalue weighted by Gasteiger charge is 2.04. The number of hydrogen-bond acceptors (Lipinski definition) is 1. The monoisotopic (exact) mass is 206 g/mol. The van der Waals surface area contributed by atoms with Crippen molar-refractivity contribution in [1.29, 1.82) is 0 Å². The van der Waals surface area contributed by atoms with Crippen LogP contribution in [0.4, 0.5) is 0 Å². The maximum atomic E-state index is 11.5. The van der Waals surface area contributed by atoms with Crippen molar-refractivity contribution >= 4 is 17.4 Å². The molecule has 0 aliphatic rings. The lowest BCUT2D eigenvalue weighted by Gasteiger charge is -1.99. The average molecular weight is 207 g/mol. The van der Waals surface area contributed by atoms with Crippen molar-refractivity contribution in [3.8, 4) is 12.3 Å². The van der Waals surface area contributed by atoms with Gasteiger partial charge in [-0.2, -0.15) is 0 Å². The molecule has 0 saturated carbocycles. The molecule has 14 heavy (non-hydrogen) atoms. The van der Waals surface area contributed by atoms with Gasteiger partial charge in [-0.1, -0.05) is 23.7 Å². The number of halogens is 1. The Kier molecular flexibility index (Phi) is 4.22. The van der Waals surface area contributed by atoms with E-state index in [-0.39, 0.29) is 5.78 Å². The first-order chi connectivity index (χ1) is 6.74. The Hall–Kier alpha value is -1.26. The van der Waals surface area contributed by atoms with Crippen molar-refractivity contribution in [2.75, 3.05) is 0 Å². The molecular formula is C12H11ClO. The van der Waals surface area contributed by atoms with Crippen molar-refractivity contribution in [2.45, 2.75) is 19.3 Å². The highest BCUT2D eigenvalue weighted by molar-refractivity contribution is 6.31. The molecule has 0 saturated heterocycles. The van der Waals surface area contributed by atoms with E-state index in [0.29, 0.717) is 23.4 Å². The Morgan fingerprint density at radius 3 is 2.93 bits per heavy atom. The van der Waals surface area contributed by atoms with Crippen molar-refractivity contribution in [2.24, 2.45) is 0 Å². The molecule has 0 amide bonds. The summed E-state index contributed by atoms with van der Waals surface area (Å²) in [5.74, 6) is 2.61. The fourth-order valence-corrected chi connectivity index (χ4v) is 1.35. The van der Waals surface area contributed by atoms with Gasteiger partial charge in [0.1, 0.15) is 0 Å². The molecule has 0 bridgehead atoms. The second-order valence-corrected chi connectivity index (χ2v) is 3.43. The van der Waals surface area contributed by atoms with E-state index in [1.807, 2.05) is 0 Å². The largest absolute Gasteiger partial charge is 0.294 e. The van der Waals surface area contributed by atoms with E-state index in [4.69, 9.17) is 18.0 Å². The minimum atomic E-state index is 0.0998. The summed E-state index contributed by atoms with van der Waals surface area (Å²) in [6, 6.07) is 6.97. The molecule has 1 aromatic carbocycles. The maximum absolute atomic E-state index is 11.5. The van der Waals surface area contributed by atoms with E-state index < -0.39 is 0 Å². The first-order valence-electron chi connectivity index (χ1n) is 4.46. The number of terminal acetylenes is 1. The molecule has 0 N–H and O–H groups in total. The lowest BCUT2D eigenvalue weighted by molar-refractivity contribution is 0.0980. The second kappa shape index (κ2) is 5.47. The number of unbranched alkanes of at least 4 members (excludes halogenated alkanes) is 1. The summed E-state index contributed by atoms with van der Waals surface area (Å²) in [5, 5.41) is 0.591. The first-order valence-corrected chi connectivity index (χ1v) is 4.84. The van der Waals surface area contributed by atoms with E-state index in [9.17, 15) is 4.79 Å². The van der Waals surface area contributed by atoms with Gasteiger partial charge in [0.05, 0.1) is 0 Å². The van der Waals surface area contributed by atoms with Crippen LogP contribution in [0.3, 0.4) is 0 Å². The minimum absolute atomic E-state index is 0.0998. The van der Waals surface area contributed by atoms with Gasteiger partial charge in [0.15, 0.2) is 5.78 Å². The van der Waals surface area contributed by atoms with Crippen LogP contribution in [0.5, 0.6) is 0 Å². The van der Waals surface area contributed by atoms with Crippen LogP contribution in [-0.2, 0) is 0 Å². The fraction of sp³-hybridized carbons (Fsp3) is 0.250. The van der Waals surface area contributed by atoms with Gasteiger partial charge in [-0.3, -0.25) is 4.79 Å². The highest BCUT2D eigenvalue weighted by atomic mass is 35.5. The van der Waals surface area contributed by atoms with Crippen LogP contribution in [-0.4, -0.2) is 5.78 Å². The summed E-state index contributed by atoms with van der Waals surface area (Å²) in [5.41, 5.74) is 0.662. The molecule has 1 rings (SSSR count). The van der Waals surface area contributed by atoms with Crippen LogP contribution in [0, 0.1) is 12.3 Å². The summed E-state index contributed by atoms with van der Waals surface area (Å²) in [6.07, 6.45) is 6.97. The second-order valence-electron chi connectivity index (χ2n) is 2.99. The van der Waals surface area contributed by atoms with E-state index in [0.717, 1.165) is 6.42 Å². The Bertz CT molecular complexity index is 363. The van der Waals surface area contributed by atoms with Gasteiger partial charge in [-0.25, -0.2) is 0 Å². The third-order valence-electron chi connectivity index (χ3n) is 1.87. The SMILES string of the molecule is C#CCCCC(=O)c1cccc(Cl)c1. The molecule has 2 heteroatoms. The van der Waals surface area contributed by atoms with Crippen LogP contribution in [0.1, 0.15) is 29.6 Å². The van der Waals surface area contributed by atoms with E-state index in [1.165, 1.54) is 0 Å². The van der Waals surface area contributed by atoms with Crippen LogP contribution in [0.25, 0.3) is 0 Å². The van der Waals surface area contributed by atoms with Crippen molar-refractivity contribution in [3.05, 3.63) is 34.9 Å². The van der Waals surface area contributed by atoms with Gasteiger partial charge in [0.2, 0.25) is 0 Å². The van der Waals surface area contributed by atoms with Crippen molar-refractivity contribution in [3.63, 3.8) is 0 Å². The van der Waals surface area contributed by atoms with Crippen molar-refractivity contribution in [1.82, 2.24) is 0 Å². The zero-order valence-electron chi connectivity index (χ0n) is 7.79. The quantitative estimate of drug-likeness (QED) is 0.420. The summed E-state index contributed by atoms with van der Waals surface area (Å²) >= 11 is 5.77. The molecule has 0 aromatic heterocycles. The standard InChI is InChI=1S/C12H11ClO/c1-2-3-4-8-12(14)10-6-5-7-11(13)9-10/h1,5-7,9H,3-4,8H2. The third kappa shape index (κ3) is 3.24. The topological polar surface area (TPSA) is 17.1 Å². The van der Waals surface area contributed by atoms with E-state index >= 15 is 0 Å². The number of hydrogen-bond donors (Lipinski definition) is 0. The smallest absolute Gasteiger partial charge is 0.162 e. The number of carbonyl (C=O) groups excluding carboxylic acids is 1. The molecule has 0 spiro atoms. The van der Waals surface area contributed by atoms with E-state index in [1.54, 1.807) is 24.3 Å². The molecule has 72 valence electrons. The normalized spacial score (nSPS) is 9.43. The Balaban J connectivity index is 2.57. The van der Waals surface area contributed by atoms with Gasteiger partial charge in [0, 0.05) is 23.4 Å². The molecule has 0 aliphatic carbocycles. The third-order valence-corrected chi connectivity index (χ3v) is 2.11. The predicted molar refractivity (Wildman–Crippen MR) is 58.5 cm³/mol. The molecule has 0 heterocycles. The summed E-state index contributed by atoms with van der Waals surface area (Å²) in [7, 11) is 0. The van der Waals surface area contributed by atoms with Gasteiger partial charge < -0.3 is 0 Å². The summed E-state index contributed by atoms with van der Waals surface area (Å²) < 4.78 is 0. The lowest BCUT2D eigenvalue weighted by atomic mass is 10.1. The maximum Gasteiger partial charge on any atom is 0.162 e. The lowest BCUT2D eigenvalue weighted by Crippen LogP contribution is -1.98. The number of Topliss-reactive ketones (excluding diaryl/α,β-unsaturated/α-hetero) is 1. The van der Waals surface area contributed by atoms with Crippen LogP contribution < -0.4 is 0 Å². The zero-order valence-corrected chi connectivity index (χ0v) is 8.55. The molecule has 0 aliphatic heterocycles. The molecule has 0 unspecified atom stereocenters. The molecule has 1 aromatic rings. The highest BCUT2D eigenvalue weighted by Crippen LogP contribution is 2.13. The molecule has 0 atom stereocenters. The molecule has 0 radical (unpaired) electrons. The number of benzene rings is 1. The minimum Gasteiger partial charge on any atom is -0.294 e. The van der Waals surface area contributed by atoms with Crippen molar-refractivity contribution < 1.29 is 4.79 Å². The van der Waals surface area contributed by atoms with E-state index in [2.05, 4.69) is 5.92 Å². The summed E-state index contributed by atoms with van der Waals surface area (Å²) in [6.45, 7) is 0. The van der Waals surface area contributed by atoms with Gasteiger partial charge >= 0.3 is 0 Å². The first kappa shape index (κ1) is 10.8. The molecule has 0 fully saturated rings. The Morgan fingerprint density at radius 2 is 2.29 bits per heavy atom. The van der Waals surface area contributed by atoms with Gasteiger partial charge in [-0.15, -0.1) is 12.3 Å². The van der Waals surface area contributed by atoms with Crippen LogP contribution >= 0.6 is 11.6 Å². The molecule has 1 nitrogen and oxygen atoms in total.